The Labute approximate surface area is 225 Å². The van der Waals surface area contributed by atoms with Gasteiger partial charge in [-0.2, -0.15) is 0 Å². The smallest absolute Gasteiger partial charge is 0.331 e. The largest absolute Gasteiger partial charge is 0.463 e. The first-order valence-electron chi connectivity index (χ1n) is 13.3. The summed E-state index contributed by atoms with van der Waals surface area (Å²) in [5, 5.41) is 0. The Morgan fingerprint density at radius 2 is 1.03 bits per heavy atom. The van der Waals surface area contributed by atoms with Gasteiger partial charge in [-0.3, -0.25) is 0 Å². The van der Waals surface area contributed by atoms with E-state index in [0.717, 1.165) is 45.4 Å². The first kappa shape index (κ1) is 25.2. The molecule has 2 heteroatoms. The Hall–Kier alpha value is -4.43. The number of hydrogen-bond acceptors (Lipinski definition) is 2. The number of rotatable bonds is 7. The van der Waals surface area contributed by atoms with E-state index in [1.54, 1.807) is 6.08 Å². The minimum absolute atomic E-state index is 0.000296. The van der Waals surface area contributed by atoms with E-state index in [4.69, 9.17) is 4.74 Å². The standard InChI is InChI=1S/C36H32O2/c1-3-30-31(25-32(37)38-4-2)34(27-19-11-6-12-20-27)36(29-23-15-8-16-24-29)35(28-21-13-7-14-22-28)33(30)26-17-9-5-10-18-26/h5-25,30H,3-4H2,1-2H3/b31-25+. The van der Waals surface area contributed by atoms with Crippen LogP contribution in [0.3, 0.4) is 0 Å². The van der Waals surface area contributed by atoms with Crippen LogP contribution >= 0.6 is 0 Å². The Morgan fingerprint density at radius 1 is 0.605 bits per heavy atom. The molecule has 0 bridgehead atoms. The van der Waals surface area contributed by atoms with Crippen LogP contribution in [0.4, 0.5) is 0 Å². The highest BCUT2D eigenvalue weighted by Gasteiger charge is 2.35. The molecule has 0 amide bonds. The molecule has 5 rings (SSSR count). The van der Waals surface area contributed by atoms with E-state index in [9.17, 15) is 4.79 Å². The van der Waals surface area contributed by atoms with Gasteiger partial charge in [-0.05, 0) is 63.5 Å². The zero-order valence-electron chi connectivity index (χ0n) is 21.9. The van der Waals surface area contributed by atoms with E-state index in [0.29, 0.717) is 6.61 Å². The third-order valence-corrected chi connectivity index (χ3v) is 7.02. The normalized spacial score (nSPS) is 16.6. The number of carbonyl (C=O) groups is 1. The lowest BCUT2D eigenvalue weighted by atomic mass is 9.67. The van der Waals surface area contributed by atoms with Crippen molar-refractivity contribution in [2.24, 2.45) is 5.92 Å². The Morgan fingerprint density at radius 3 is 1.47 bits per heavy atom. The maximum atomic E-state index is 13.1. The van der Waals surface area contributed by atoms with Crippen molar-refractivity contribution < 1.29 is 9.53 Å². The highest BCUT2D eigenvalue weighted by Crippen LogP contribution is 2.54. The van der Waals surface area contributed by atoms with Crippen molar-refractivity contribution in [2.45, 2.75) is 20.3 Å². The Bertz CT molecular complexity index is 1480. The molecule has 0 saturated carbocycles. The van der Waals surface area contributed by atoms with Crippen molar-refractivity contribution in [3.63, 3.8) is 0 Å². The van der Waals surface area contributed by atoms with E-state index >= 15 is 0 Å². The van der Waals surface area contributed by atoms with E-state index in [-0.39, 0.29) is 11.9 Å². The van der Waals surface area contributed by atoms with Gasteiger partial charge >= 0.3 is 5.97 Å². The van der Waals surface area contributed by atoms with Crippen LogP contribution in [-0.2, 0) is 9.53 Å². The predicted molar refractivity (Wildman–Crippen MR) is 158 cm³/mol. The summed E-state index contributed by atoms with van der Waals surface area (Å²) in [6, 6.07) is 42.2. The number of ether oxygens (including phenoxy) is 1. The van der Waals surface area contributed by atoms with Gasteiger partial charge in [0, 0.05) is 12.0 Å². The molecule has 1 atom stereocenters. The minimum atomic E-state index is -0.308. The summed E-state index contributed by atoms with van der Waals surface area (Å²) in [6.07, 6.45) is 2.57. The van der Waals surface area contributed by atoms with Crippen LogP contribution in [0, 0.1) is 5.92 Å². The number of esters is 1. The van der Waals surface area contributed by atoms with E-state index < -0.39 is 0 Å². The molecule has 0 radical (unpaired) electrons. The second-order valence-electron chi connectivity index (χ2n) is 9.32. The quantitative estimate of drug-likeness (QED) is 0.189. The van der Waals surface area contributed by atoms with Crippen LogP contribution in [0.2, 0.25) is 0 Å². The lowest BCUT2D eigenvalue weighted by molar-refractivity contribution is -0.137. The van der Waals surface area contributed by atoms with E-state index in [1.807, 2.05) is 19.1 Å². The van der Waals surface area contributed by atoms with Gasteiger partial charge < -0.3 is 4.74 Å². The summed E-state index contributed by atoms with van der Waals surface area (Å²) in [5.74, 6) is -0.308. The molecular weight excluding hydrogens is 464 g/mol. The van der Waals surface area contributed by atoms with Gasteiger partial charge in [0.1, 0.15) is 0 Å². The minimum Gasteiger partial charge on any atom is -0.463 e. The van der Waals surface area contributed by atoms with Gasteiger partial charge in [0.2, 0.25) is 0 Å². The van der Waals surface area contributed by atoms with Gasteiger partial charge in [-0.25, -0.2) is 4.79 Å². The molecule has 0 heterocycles. The number of carbonyl (C=O) groups excluding carboxylic acids is 1. The van der Waals surface area contributed by atoms with Gasteiger partial charge in [-0.15, -0.1) is 0 Å². The summed E-state index contributed by atoms with van der Waals surface area (Å²) < 4.78 is 5.46. The van der Waals surface area contributed by atoms with E-state index in [2.05, 4.69) is 116 Å². The van der Waals surface area contributed by atoms with Crippen LogP contribution < -0.4 is 0 Å². The van der Waals surface area contributed by atoms with Gasteiger partial charge in [0.05, 0.1) is 6.61 Å². The third kappa shape index (κ3) is 5.03. The summed E-state index contributed by atoms with van der Waals surface area (Å²) in [5.41, 5.74) is 10.2. The highest BCUT2D eigenvalue weighted by molar-refractivity contribution is 6.27. The van der Waals surface area contributed by atoms with E-state index in [1.165, 1.54) is 11.1 Å². The zero-order chi connectivity index (χ0) is 26.3. The topological polar surface area (TPSA) is 26.3 Å². The van der Waals surface area contributed by atoms with Crippen molar-refractivity contribution >= 4 is 28.3 Å². The molecule has 1 aliphatic carbocycles. The van der Waals surface area contributed by atoms with Crippen molar-refractivity contribution in [3.8, 4) is 0 Å². The van der Waals surface area contributed by atoms with Crippen molar-refractivity contribution in [1.82, 2.24) is 0 Å². The summed E-state index contributed by atoms with van der Waals surface area (Å²) in [4.78, 5) is 13.1. The molecule has 1 aliphatic rings. The lowest BCUT2D eigenvalue weighted by Gasteiger charge is -2.36. The van der Waals surface area contributed by atoms with Gasteiger partial charge in [-0.1, -0.05) is 128 Å². The molecule has 0 fully saturated rings. The molecule has 1 unspecified atom stereocenters. The summed E-state index contributed by atoms with van der Waals surface area (Å²) in [7, 11) is 0. The first-order chi connectivity index (χ1) is 18.7. The van der Waals surface area contributed by atoms with Crippen molar-refractivity contribution in [2.75, 3.05) is 6.61 Å². The molecule has 38 heavy (non-hydrogen) atoms. The molecule has 0 aliphatic heterocycles. The summed E-state index contributed by atoms with van der Waals surface area (Å²) in [6.45, 7) is 4.39. The van der Waals surface area contributed by atoms with Crippen LogP contribution in [-0.4, -0.2) is 12.6 Å². The van der Waals surface area contributed by atoms with Crippen LogP contribution in [0.25, 0.3) is 22.3 Å². The monoisotopic (exact) mass is 496 g/mol. The Balaban J connectivity index is 1.98. The zero-order valence-corrected chi connectivity index (χ0v) is 21.9. The fraction of sp³-hybridized carbons (Fsp3) is 0.139. The number of allylic oxidation sites excluding steroid dienone is 5. The van der Waals surface area contributed by atoms with Gasteiger partial charge in [0.15, 0.2) is 0 Å². The highest BCUT2D eigenvalue weighted by atomic mass is 16.5. The van der Waals surface area contributed by atoms with Crippen LogP contribution in [0.5, 0.6) is 0 Å². The molecule has 0 aromatic heterocycles. The van der Waals surface area contributed by atoms with Crippen molar-refractivity contribution in [1.29, 1.82) is 0 Å². The third-order valence-electron chi connectivity index (χ3n) is 7.02. The average Bonchev–Trinajstić information content (AvgIpc) is 2.98. The lowest BCUT2D eigenvalue weighted by Crippen LogP contribution is -2.18. The molecule has 0 spiro atoms. The first-order valence-corrected chi connectivity index (χ1v) is 13.3. The summed E-state index contributed by atoms with van der Waals surface area (Å²) >= 11 is 0. The molecule has 0 N–H and O–H groups in total. The van der Waals surface area contributed by atoms with Crippen LogP contribution in [0.15, 0.2) is 133 Å². The van der Waals surface area contributed by atoms with Crippen LogP contribution in [0.1, 0.15) is 42.5 Å². The molecular formula is C36H32O2. The van der Waals surface area contributed by atoms with Gasteiger partial charge in [0.25, 0.3) is 0 Å². The fourth-order valence-corrected chi connectivity index (χ4v) is 5.49. The maximum absolute atomic E-state index is 13.1. The fourth-order valence-electron chi connectivity index (χ4n) is 5.49. The number of hydrogen-bond donors (Lipinski definition) is 0. The second-order valence-corrected chi connectivity index (χ2v) is 9.32. The molecule has 4 aromatic carbocycles. The average molecular weight is 497 g/mol. The maximum Gasteiger partial charge on any atom is 0.331 e. The SMILES string of the molecule is CCOC(=O)/C=C1/C(c2ccccc2)=C(c2ccccc2)C(c2ccccc2)=C(c2ccccc2)C1CC. The van der Waals surface area contributed by atoms with Crippen molar-refractivity contribution in [3.05, 3.63) is 155 Å². The molecule has 4 aromatic rings. The number of benzene rings is 4. The Kier molecular flexibility index (Phi) is 7.80. The predicted octanol–water partition coefficient (Wildman–Crippen LogP) is 8.74. The molecule has 2 nitrogen and oxygen atoms in total. The second kappa shape index (κ2) is 11.7. The molecule has 0 saturated heterocycles. The molecule has 188 valence electrons.